The average Bonchev–Trinajstić information content (AvgIpc) is 3.15. The first-order chi connectivity index (χ1) is 14.9. The van der Waals surface area contributed by atoms with Gasteiger partial charge in [-0.3, -0.25) is 23.5 Å². The topological polar surface area (TPSA) is 89.1 Å². The fourth-order valence-corrected chi connectivity index (χ4v) is 3.88. The summed E-state index contributed by atoms with van der Waals surface area (Å²) in [7, 11) is 0. The molecule has 0 saturated carbocycles. The van der Waals surface area contributed by atoms with E-state index in [1.807, 2.05) is 16.7 Å². The third kappa shape index (κ3) is 4.75. The fraction of sp³-hybridized carbons (Fsp3) is 0.409. The van der Waals surface area contributed by atoms with E-state index >= 15 is 0 Å². The molecule has 0 bridgehead atoms. The van der Waals surface area contributed by atoms with E-state index in [2.05, 4.69) is 6.92 Å². The molecular weight excluding hydrogens is 420 g/mol. The summed E-state index contributed by atoms with van der Waals surface area (Å²) in [6.07, 6.45) is 4.65. The van der Waals surface area contributed by atoms with Gasteiger partial charge in [-0.15, -0.1) is 0 Å². The van der Waals surface area contributed by atoms with Crippen molar-refractivity contribution in [3.8, 4) is 17.1 Å². The SMILES string of the molecule is CCCCCn1c(OC2CN(CC(=O)O)C2)cc(=O)n2cc(-c3ccc(Cl)cc3)nc12. The molecular formula is C22H25ClN4O4. The van der Waals surface area contributed by atoms with Crippen molar-refractivity contribution in [2.75, 3.05) is 19.6 Å². The Bertz CT molecular complexity index is 1130. The molecule has 1 aromatic carbocycles. The highest BCUT2D eigenvalue weighted by Gasteiger charge is 2.30. The number of halogens is 1. The Kier molecular flexibility index (Phi) is 6.29. The van der Waals surface area contributed by atoms with Crippen LogP contribution in [0.2, 0.25) is 5.02 Å². The van der Waals surface area contributed by atoms with E-state index < -0.39 is 5.97 Å². The van der Waals surface area contributed by atoms with Gasteiger partial charge in [0.05, 0.1) is 18.3 Å². The zero-order valence-corrected chi connectivity index (χ0v) is 18.1. The van der Waals surface area contributed by atoms with Gasteiger partial charge in [-0.1, -0.05) is 43.5 Å². The summed E-state index contributed by atoms with van der Waals surface area (Å²) in [5.74, 6) is 0.149. The van der Waals surface area contributed by atoms with Gasteiger partial charge >= 0.3 is 5.97 Å². The van der Waals surface area contributed by atoms with Crippen LogP contribution in [0.3, 0.4) is 0 Å². The fourth-order valence-electron chi connectivity index (χ4n) is 3.75. The molecule has 4 rings (SSSR count). The van der Waals surface area contributed by atoms with E-state index in [1.165, 1.54) is 6.07 Å². The average molecular weight is 445 g/mol. The van der Waals surface area contributed by atoms with Crippen LogP contribution in [0.1, 0.15) is 26.2 Å². The molecule has 1 aliphatic rings. The van der Waals surface area contributed by atoms with Gasteiger partial charge < -0.3 is 9.84 Å². The highest BCUT2D eigenvalue weighted by Crippen LogP contribution is 2.24. The van der Waals surface area contributed by atoms with Crippen LogP contribution in [0, 0.1) is 0 Å². The Hall–Kier alpha value is -2.84. The van der Waals surface area contributed by atoms with Crippen LogP contribution < -0.4 is 10.3 Å². The van der Waals surface area contributed by atoms with Crippen LogP contribution in [0.5, 0.6) is 5.88 Å². The Labute approximate surface area is 184 Å². The van der Waals surface area contributed by atoms with Crippen molar-refractivity contribution in [1.29, 1.82) is 0 Å². The molecule has 0 aliphatic carbocycles. The molecule has 1 saturated heterocycles. The molecule has 0 radical (unpaired) electrons. The summed E-state index contributed by atoms with van der Waals surface area (Å²) in [4.78, 5) is 30.2. The number of rotatable bonds is 9. The van der Waals surface area contributed by atoms with E-state index in [0.29, 0.717) is 42.0 Å². The summed E-state index contributed by atoms with van der Waals surface area (Å²) >= 11 is 5.99. The minimum atomic E-state index is -0.858. The number of nitrogens with zero attached hydrogens (tertiary/aromatic N) is 4. The Morgan fingerprint density at radius 2 is 2.00 bits per heavy atom. The van der Waals surface area contributed by atoms with Crippen molar-refractivity contribution >= 4 is 23.3 Å². The van der Waals surface area contributed by atoms with Gasteiger partial charge in [0.2, 0.25) is 11.7 Å². The van der Waals surface area contributed by atoms with Crippen LogP contribution >= 0.6 is 11.6 Å². The summed E-state index contributed by atoms with van der Waals surface area (Å²) in [5, 5.41) is 9.55. The number of hydrogen-bond donors (Lipinski definition) is 1. The Morgan fingerprint density at radius 3 is 2.68 bits per heavy atom. The molecule has 2 aromatic heterocycles. The zero-order chi connectivity index (χ0) is 22.0. The normalized spacial score (nSPS) is 14.6. The largest absolute Gasteiger partial charge is 0.480 e. The number of carboxylic acids is 1. The van der Waals surface area contributed by atoms with E-state index in [-0.39, 0.29) is 18.2 Å². The number of benzene rings is 1. The molecule has 3 aromatic rings. The molecule has 3 heterocycles. The van der Waals surface area contributed by atoms with E-state index in [9.17, 15) is 9.59 Å². The van der Waals surface area contributed by atoms with E-state index in [4.69, 9.17) is 26.4 Å². The lowest BCUT2D eigenvalue weighted by Gasteiger charge is -2.38. The molecule has 164 valence electrons. The first-order valence-corrected chi connectivity index (χ1v) is 10.8. The minimum Gasteiger partial charge on any atom is -0.480 e. The third-order valence-corrected chi connectivity index (χ3v) is 5.63. The van der Waals surface area contributed by atoms with Gasteiger partial charge in [-0.2, -0.15) is 0 Å². The second-order valence-electron chi connectivity index (χ2n) is 7.81. The molecule has 1 aliphatic heterocycles. The maximum atomic E-state index is 12.8. The minimum absolute atomic E-state index is 0.00703. The lowest BCUT2D eigenvalue weighted by atomic mass is 10.2. The lowest BCUT2D eigenvalue weighted by Crippen LogP contribution is -2.55. The third-order valence-electron chi connectivity index (χ3n) is 5.37. The summed E-state index contributed by atoms with van der Waals surface area (Å²) < 4.78 is 9.58. The van der Waals surface area contributed by atoms with Gasteiger partial charge in [0, 0.05) is 36.4 Å². The predicted molar refractivity (Wildman–Crippen MR) is 118 cm³/mol. The first-order valence-electron chi connectivity index (χ1n) is 10.4. The number of hydrogen-bond acceptors (Lipinski definition) is 5. The van der Waals surface area contributed by atoms with Crippen LogP contribution in [0.15, 0.2) is 41.3 Å². The number of aryl methyl sites for hydroxylation is 1. The predicted octanol–water partition coefficient (Wildman–Crippen LogP) is 3.15. The number of carbonyl (C=O) groups is 1. The summed E-state index contributed by atoms with van der Waals surface area (Å²) in [6, 6.07) is 8.83. The molecule has 9 heteroatoms. The Morgan fingerprint density at radius 1 is 1.26 bits per heavy atom. The van der Waals surface area contributed by atoms with Crippen LogP contribution in [0.25, 0.3) is 17.0 Å². The van der Waals surface area contributed by atoms with Gasteiger partial charge in [0.25, 0.3) is 5.56 Å². The number of aromatic nitrogens is 3. The monoisotopic (exact) mass is 444 g/mol. The number of ether oxygens (including phenoxy) is 1. The molecule has 8 nitrogen and oxygen atoms in total. The van der Waals surface area contributed by atoms with Gasteiger partial charge in [-0.25, -0.2) is 4.98 Å². The van der Waals surface area contributed by atoms with E-state index in [1.54, 1.807) is 27.6 Å². The molecule has 1 fully saturated rings. The molecule has 1 N–H and O–H groups in total. The van der Waals surface area contributed by atoms with E-state index in [0.717, 1.165) is 24.8 Å². The number of carboxylic acid groups (broad SMARTS) is 1. The smallest absolute Gasteiger partial charge is 0.317 e. The van der Waals surface area contributed by atoms with Gasteiger partial charge in [0.15, 0.2) is 0 Å². The summed E-state index contributed by atoms with van der Waals surface area (Å²) in [5.41, 5.74) is 1.34. The van der Waals surface area contributed by atoms with Crippen molar-refractivity contribution in [2.24, 2.45) is 0 Å². The number of unbranched alkanes of at least 4 members (excludes halogenated alkanes) is 2. The highest BCUT2D eigenvalue weighted by atomic mass is 35.5. The van der Waals surface area contributed by atoms with Crippen LogP contribution in [0.4, 0.5) is 0 Å². The van der Waals surface area contributed by atoms with Crippen molar-refractivity contribution in [1.82, 2.24) is 18.9 Å². The summed E-state index contributed by atoms with van der Waals surface area (Å²) in [6.45, 7) is 3.84. The first kappa shape index (κ1) is 21.4. The van der Waals surface area contributed by atoms with Crippen molar-refractivity contribution in [2.45, 2.75) is 38.8 Å². The van der Waals surface area contributed by atoms with Crippen LogP contribution in [-0.4, -0.2) is 55.7 Å². The highest BCUT2D eigenvalue weighted by molar-refractivity contribution is 6.30. The molecule has 31 heavy (non-hydrogen) atoms. The standard InChI is InChI=1S/C22H25ClN4O4/c1-2-3-4-9-26-20(31-17-11-25(12-17)14-21(29)30)10-19(28)27-13-18(24-22(26)27)15-5-7-16(23)8-6-15/h5-8,10,13,17H,2-4,9,11-12,14H2,1H3,(H,29,30). The van der Waals surface area contributed by atoms with Gasteiger partial charge in [0.1, 0.15) is 6.10 Å². The molecule has 0 amide bonds. The van der Waals surface area contributed by atoms with Crippen LogP contribution in [-0.2, 0) is 11.3 Å². The number of likely N-dealkylation sites (tertiary alicyclic amines) is 1. The number of aliphatic carboxylic acids is 1. The molecule has 0 spiro atoms. The quantitative estimate of drug-likeness (QED) is 0.510. The Balaban J connectivity index is 1.66. The number of imidazole rings is 1. The maximum Gasteiger partial charge on any atom is 0.317 e. The maximum absolute atomic E-state index is 12.8. The van der Waals surface area contributed by atoms with Crippen molar-refractivity contribution in [3.63, 3.8) is 0 Å². The second-order valence-corrected chi connectivity index (χ2v) is 8.25. The number of fused-ring (bicyclic) bond motifs is 1. The molecule has 0 atom stereocenters. The lowest BCUT2D eigenvalue weighted by molar-refractivity contribution is -0.140. The van der Waals surface area contributed by atoms with Gasteiger partial charge in [-0.05, 0) is 18.6 Å². The zero-order valence-electron chi connectivity index (χ0n) is 17.3. The second kappa shape index (κ2) is 9.11. The molecule has 0 unspecified atom stereocenters. The van der Waals surface area contributed by atoms with Crippen molar-refractivity contribution in [3.05, 3.63) is 51.9 Å². The van der Waals surface area contributed by atoms with Crippen molar-refractivity contribution < 1.29 is 14.6 Å².